The molecule has 7 heteroatoms. The highest BCUT2D eigenvalue weighted by atomic mass is 35.5. The number of carbonyl (C=O) groups excluding carboxylic acids is 1. The number of rotatable bonds is 5. The fraction of sp³-hybridized carbons (Fsp3) is 0.462. The zero-order chi connectivity index (χ0) is 14.8. The van der Waals surface area contributed by atoms with E-state index < -0.39 is 9.75 Å². The second-order valence-electron chi connectivity index (χ2n) is 4.94. The van der Waals surface area contributed by atoms with E-state index in [1.54, 1.807) is 19.1 Å². The van der Waals surface area contributed by atoms with Crippen LogP contribution in [0.5, 0.6) is 0 Å². The highest BCUT2D eigenvalue weighted by molar-refractivity contribution is 6.53. The molecule has 0 saturated heterocycles. The summed E-state index contributed by atoms with van der Waals surface area (Å²) in [6.07, 6.45) is 1.96. The van der Waals surface area contributed by atoms with Gasteiger partial charge in [-0.15, -0.1) is 23.2 Å². The van der Waals surface area contributed by atoms with Crippen molar-refractivity contribution in [3.8, 4) is 6.07 Å². The summed E-state index contributed by atoms with van der Waals surface area (Å²) in [7, 11) is 0. The van der Waals surface area contributed by atoms with Crippen LogP contribution in [-0.4, -0.2) is 28.3 Å². The van der Waals surface area contributed by atoms with E-state index in [9.17, 15) is 4.79 Å². The van der Waals surface area contributed by atoms with Gasteiger partial charge in [-0.3, -0.25) is 4.79 Å². The number of aromatic nitrogens is 1. The third-order valence-electron chi connectivity index (χ3n) is 3.37. The van der Waals surface area contributed by atoms with Gasteiger partial charge in [0.15, 0.2) is 0 Å². The smallest absolute Gasteiger partial charge is 0.229 e. The van der Waals surface area contributed by atoms with Crippen molar-refractivity contribution in [1.29, 1.82) is 5.26 Å². The summed E-state index contributed by atoms with van der Waals surface area (Å²) in [6, 6.07) is 5.38. The van der Waals surface area contributed by atoms with Gasteiger partial charge in [-0.05, 0) is 25.5 Å². The third-order valence-corrected chi connectivity index (χ3v) is 4.47. The van der Waals surface area contributed by atoms with E-state index in [0.717, 1.165) is 0 Å². The lowest BCUT2D eigenvalue weighted by Crippen LogP contribution is -2.36. The van der Waals surface area contributed by atoms with E-state index in [4.69, 9.17) is 28.5 Å². The molecule has 1 heterocycles. The molecular formula is C13H14Cl2N4O. The van der Waals surface area contributed by atoms with Gasteiger partial charge in [0.25, 0.3) is 0 Å². The second kappa shape index (κ2) is 5.47. The van der Waals surface area contributed by atoms with Crippen LogP contribution in [0, 0.1) is 16.7 Å². The van der Waals surface area contributed by atoms with Crippen LogP contribution >= 0.6 is 23.2 Å². The van der Waals surface area contributed by atoms with Crippen molar-refractivity contribution in [3.63, 3.8) is 0 Å². The molecule has 106 valence electrons. The Balaban J connectivity index is 1.72. The Morgan fingerprint density at radius 3 is 2.70 bits per heavy atom. The number of halogens is 2. The Hall–Kier alpha value is -1.51. The number of carbonyl (C=O) groups is 1. The van der Waals surface area contributed by atoms with E-state index >= 15 is 0 Å². The average molecular weight is 313 g/mol. The van der Waals surface area contributed by atoms with Gasteiger partial charge in [0.2, 0.25) is 5.91 Å². The predicted octanol–water partition coefficient (Wildman–Crippen LogP) is 2.07. The molecule has 0 unspecified atom stereocenters. The molecule has 0 bridgehead atoms. The van der Waals surface area contributed by atoms with Gasteiger partial charge in [-0.1, -0.05) is 0 Å². The molecule has 1 aromatic heterocycles. The summed E-state index contributed by atoms with van der Waals surface area (Å²) in [5, 5.41) is 14.5. The number of amides is 1. The minimum atomic E-state index is -0.945. The molecule has 20 heavy (non-hydrogen) atoms. The zero-order valence-electron chi connectivity index (χ0n) is 10.9. The summed E-state index contributed by atoms with van der Waals surface area (Å²) in [4.78, 5) is 15.9. The molecule has 1 saturated carbocycles. The van der Waals surface area contributed by atoms with Gasteiger partial charge in [0, 0.05) is 19.3 Å². The van der Waals surface area contributed by atoms with Crippen LogP contribution < -0.4 is 10.6 Å². The molecule has 1 amide bonds. The van der Waals surface area contributed by atoms with Crippen molar-refractivity contribution in [2.75, 3.05) is 18.4 Å². The molecule has 1 aliphatic rings. The summed E-state index contributed by atoms with van der Waals surface area (Å²) in [5.74, 6) is 0.511. The van der Waals surface area contributed by atoms with E-state index in [0.29, 0.717) is 30.9 Å². The van der Waals surface area contributed by atoms with Crippen molar-refractivity contribution in [3.05, 3.63) is 23.9 Å². The van der Waals surface area contributed by atoms with E-state index in [2.05, 4.69) is 15.6 Å². The SMILES string of the molecule is C[C@]1(C(=O)NCCNc2ccc(C#N)cn2)CC1(Cl)Cl. The maximum Gasteiger partial charge on any atom is 0.229 e. The average Bonchev–Trinajstić information content (AvgIpc) is 2.95. The Kier molecular flexibility index (Phi) is 4.07. The van der Waals surface area contributed by atoms with Gasteiger partial charge in [0.05, 0.1) is 11.0 Å². The van der Waals surface area contributed by atoms with Crippen molar-refractivity contribution in [1.82, 2.24) is 10.3 Å². The minimum absolute atomic E-state index is 0.142. The summed E-state index contributed by atoms with van der Waals surface area (Å²) in [6.45, 7) is 2.72. The molecule has 0 spiro atoms. The number of hydrogen-bond donors (Lipinski definition) is 2. The molecule has 0 aromatic carbocycles. The van der Waals surface area contributed by atoms with E-state index in [-0.39, 0.29) is 5.91 Å². The van der Waals surface area contributed by atoms with Crippen molar-refractivity contribution >= 4 is 34.9 Å². The zero-order valence-corrected chi connectivity index (χ0v) is 12.4. The largest absolute Gasteiger partial charge is 0.368 e. The first-order chi connectivity index (χ1) is 9.39. The third kappa shape index (κ3) is 2.97. The van der Waals surface area contributed by atoms with Crippen LogP contribution in [0.15, 0.2) is 18.3 Å². The van der Waals surface area contributed by atoms with Gasteiger partial charge < -0.3 is 10.6 Å². The number of nitriles is 1. The molecule has 1 aliphatic carbocycles. The number of nitrogens with zero attached hydrogens (tertiary/aromatic N) is 2. The Morgan fingerprint density at radius 1 is 1.50 bits per heavy atom. The van der Waals surface area contributed by atoms with E-state index in [1.165, 1.54) is 6.20 Å². The lowest BCUT2D eigenvalue weighted by molar-refractivity contribution is -0.125. The lowest BCUT2D eigenvalue weighted by Gasteiger charge is -2.13. The normalized spacial score (nSPS) is 22.7. The first kappa shape index (κ1) is 14.9. The summed E-state index contributed by atoms with van der Waals surface area (Å²) < 4.78 is -0.945. The number of alkyl halides is 2. The molecule has 2 rings (SSSR count). The number of hydrogen-bond acceptors (Lipinski definition) is 4. The fourth-order valence-corrected chi connectivity index (χ4v) is 2.48. The van der Waals surface area contributed by atoms with Crippen LogP contribution in [-0.2, 0) is 4.79 Å². The van der Waals surface area contributed by atoms with Crippen molar-refractivity contribution in [2.24, 2.45) is 5.41 Å². The van der Waals surface area contributed by atoms with Crippen LogP contribution in [0.3, 0.4) is 0 Å². The van der Waals surface area contributed by atoms with Crippen molar-refractivity contribution < 1.29 is 4.79 Å². The quantitative estimate of drug-likeness (QED) is 0.644. The first-order valence-electron chi connectivity index (χ1n) is 6.15. The minimum Gasteiger partial charge on any atom is -0.368 e. The van der Waals surface area contributed by atoms with Gasteiger partial charge in [-0.25, -0.2) is 4.98 Å². The van der Waals surface area contributed by atoms with Gasteiger partial charge >= 0.3 is 0 Å². The fourth-order valence-electron chi connectivity index (χ4n) is 1.77. The number of pyridine rings is 1. The maximum atomic E-state index is 11.9. The molecule has 1 aromatic rings. The Morgan fingerprint density at radius 2 is 2.20 bits per heavy atom. The monoisotopic (exact) mass is 312 g/mol. The molecule has 1 fully saturated rings. The van der Waals surface area contributed by atoms with Gasteiger partial charge in [-0.2, -0.15) is 5.26 Å². The topological polar surface area (TPSA) is 77.8 Å². The molecule has 0 aliphatic heterocycles. The van der Waals surface area contributed by atoms with Crippen LogP contribution in [0.25, 0.3) is 0 Å². The van der Waals surface area contributed by atoms with Crippen LogP contribution in [0.1, 0.15) is 18.9 Å². The van der Waals surface area contributed by atoms with E-state index in [1.807, 2.05) is 6.07 Å². The lowest BCUT2D eigenvalue weighted by atomic mass is 10.1. The molecule has 1 atom stereocenters. The van der Waals surface area contributed by atoms with Gasteiger partial charge in [0.1, 0.15) is 16.2 Å². The predicted molar refractivity (Wildman–Crippen MR) is 77.6 cm³/mol. The molecule has 5 nitrogen and oxygen atoms in total. The molecule has 0 radical (unpaired) electrons. The first-order valence-corrected chi connectivity index (χ1v) is 6.91. The highest BCUT2D eigenvalue weighted by Gasteiger charge is 2.67. The Bertz CT molecular complexity index is 552. The van der Waals surface area contributed by atoms with Crippen LogP contribution in [0.4, 0.5) is 5.82 Å². The highest BCUT2D eigenvalue weighted by Crippen LogP contribution is 2.63. The Labute approximate surface area is 127 Å². The number of anilines is 1. The number of nitrogens with one attached hydrogen (secondary N) is 2. The second-order valence-corrected chi connectivity index (χ2v) is 6.42. The standard InChI is InChI=1S/C13H14Cl2N4O/c1-12(8-13(12,14)15)11(20)18-5-4-17-10-3-2-9(6-16)7-19-10/h2-3,7H,4-5,8H2,1H3,(H,17,19)(H,18,20)/t12-/m1/s1. The van der Waals surface area contributed by atoms with Crippen LogP contribution in [0.2, 0.25) is 0 Å². The maximum absolute atomic E-state index is 11.9. The molecular weight excluding hydrogens is 299 g/mol. The van der Waals surface area contributed by atoms with Crippen molar-refractivity contribution in [2.45, 2.75) is 17.7 Å². The molecule has 2 N–H and O–H groups in total. The summed E-state index contributed by atoms with van der Waals surface area (Å²) >= 11 is 11.9. The summed E-state index contributed by atoms with van der Waals surface area (Å²) in [5.41, 5.74) is -0.186.